The molecule has 0 aliphatic carbocycles. The zero-order valence-corrected chi connectivity index (χ0v) is 16.9. The fourth-order valence-electron chi connectivity index (χ4n) is 2.26. The summed E-state index contributed by atoms with van der Waals surface area (Å²) in [4.78, 5) is 0. The van der Waals surface area contributed by atoms with Crippen LogP contribution in [0, 0.1) is 0 Å². The van der Waals surface area contributed by atoms with Gasteiger partial charge in [0.2, 0.25) is 16.6 Å². The molecule has 0 saturated carbocycles. The molecule has 122 valence electrons. The first kappa shape index (κ1) is 20.4. The van der Waals surface area contributed by atoms with E-state index in [9.17, 15) is 0 Å². The molecule has 0 N–H and O–H groups in total. The monoisotopic (exact) mass is 318 g/mol. The summed E-state index contributed by atoms with van der Waals surface area (Å²) < 4.78 is 11.9. The zero-order valence-electron chi connectivity index (χ0n) is 14.9. The van der Waals surface area contributed by atoms with Crippen molar-refractivity contribution in [3.63, 3.8) is 0 Å². The Labute approximate surface area is 129 Å². The van der Waals surface area contributed by atoms with Crippen molar-refractivity contribution in [2.45, 2.75) is 103 Å². The SMILES string of the molecule is CCCCCC[Si](C)(C)OO[Si](C)(C)CCCCCC. The Hall–Kier alpha value is 0.354. The van der Waals surface area contributed by atoms with E-state index in [4.69, 9.17) is 9.15 Å². The van der Waals surface area contributed by atoms with Gasteiger partial charge in [-0.3, -0.25) is 9.15 Å². The predicted molar refractivity (Wildman–Crippen MR) is 95.0 cm³/mol. The Bertz CT molecular complexity index is 207. The van der Waals surface area contributed by atoms with Crippen molar-refractivity contribution in [2.75, 3.05) is 0 Å². The van der Waals surface area contributed by atoms with E-state index in [1.165, 1.54) is 63.5 Å². The van der Waals surface area contributed by atoms with Crippen LogP contribution < -0.4 is 0 Å². The molecular formula is C16H38O2Si2. The molecule has 0 aromatic heterocycles. The van der Waals surface area contributed by atoms with Crippen LogP contribution in [0.4, 0.5) is 0 Å². The summed E-state index contributed by atoms with van der Waals surface area (Å²) in [5.74, 6) is 0. The Morgan fingerprint density at radius 1 is 0.550 bits per heavy atom. The molecule has 0 aromatic carbocycles. The molecule has 0 aromatic rings. The van der Waals surface area contributed by atoms with Crippen molar-refractivity contribution in [1.82, 2.24) is 0 Å². The third kappa shape index (κ3) is 12.1. The maximum absolute atomic E-state index is 5.93. The van der Waals surface area contributed by atoms with Gasteiger partial charge in [0.1, 0.15) is 0 Å². The maximum Gasteiger partial charge on any atom is 0.231 e. The smallest absolute Gasteiger partial charge is 0.231 e. The molecule has 0 saturated heterocycles. The Morgan fingerprint density at radius 3 is 1.20 bits per heavy atom. The van der Waals surface area contributed by atoms with Crippen LogP contribution in [0.1, 0.15) is 65.2 Å². The number of unbranched alkanes of at least 4 members (excludes halogenated alkanes) is 6. The van der Waals surface area contributed by atoms with Crippen molar-refractivity contribution >= 4 is 16.6 Å². The second-order valence-electron chi connectivity index (χ2n) is 7.31. The minimum Gasteiger partial charge on any atom is -0.298 e. The molecule has 0 amide bonds. The summed E-state index contributed by atoms with van der Waals surface area (Å²) >= 11 is 0. The highest BCUT2D eigenvalue weighted by atomic mass is 28.4. The second-order valence-corrected chi connectivity index (χ2v) is 15.7. The first-order valence-corrected chi connectivity index (χ1v) is 14.9. The van der Waals surface area contributed by atoms with Crippen molar-refractivity contribution in [1.29, 1.82) is 0 Å². The highest BCUT2D eigenvalue weighted by Gasteiger charge is 2.30. The first-order valence-electron chi connectivity index (χ1n) is 8.70. The second kappa shape index (κ2) is 11.0. The zero-order chi connectivity index (χ0) is 15.5. The quantitative estimate of drug-likeness (QED) is 0.167. The van der Waals surface area contributed by atoms with E-state index in [1.54, 1.807) is 0 Å². The van der Waals surface area contributed by atoms with Crippen LogP contribution >= 0.6 is 0 Å². The van der Waals surface area contributed by atoms with Crippen molar-refractivity contribution < 1.29 is 9.15 Å². The highest BCUT2D eigenvalue weighted by Crippen LogP contribution is 2.22. The molecule has 20 heavy (non-hydrogen) atoms. The van der Waals surface area contributed by atoms with Crippen LogP contribution in [0.5, 0.6) is 0 Å². The fraction of sp³-hybridized carbons (Fsp3) is 1.00. The van der Waals surface area contributed by atoms with E-state index < -0.39 is 16.6 Å². The summed E-state index contributed by atoms with van der Waals surface area (Å²) in [5.41, 5.74) is 0. The Balaban J connectivity index is 3.84. The average Bonchev–Trinajstić information content (AvgIpc) is 2.38. The molecule has 0 unspecified atom stereocenters. The van der Waals surface area contributed by atoms with E-state index >= 15 is 0 Å². The van der Waals surface area contributed by atoms with Crippen LogP contribution in [0.25, 0.3) is 0 Å². The van der Waals surface area contributed by atoms with E-state index in [-0.39, 0.29) is 0 Å². The largest absolute Gasteiger partial charge is 0.298 e. The number of hydrogen-bond donors (Lipinski definition) is 0. The third-order valence-corrected chi connectivity index (χ3v) is 8.11. The van der Waals surface area contributed by atoms with Crippen molar-refractivity contribution in [3.8, 4) is 0 Å². The molecule has 2 nitrogen and oxygen atoms in total. The van der Waals surface area contributed by atoms with Crippen LogP contribution in [-0.4, -0.2) is 16.6 Å². The predicted octanol–water partition coefficient (Wildman–Crippen LogP) is 6.51. The molecule has 0 fully saturated rings. The lowest BCUT2D eigenvalue weighted by atomic mass is 10.2. The van der Waals surface area contributed by atoms with Gasteiger partial charge in [-0.25, -0.2) is 0 Å². The molecule has 0 atom stereocenters. The molecule has 0 heterocycles. The van der Waals surface area contributed by atoms with Crippen LogP contribution in [-0.2, 0) is 9.15 Å². The molecule has 0 rings (SSSR count). The van der Waals surface area contributed by atoms with Gasteiger partial charge in [-0.05, 0) is 38.3 Å². The summed E-state index contributed by atoms with van der Waals surface area (Å²) in [6.45, 7) is 13.7. The highest BCUT2D eigenvalue weighted by molar-refractivity contribution is 6.73. The molecule has 0 aliphatic heterocycles. The number of rotatable bonds is 13. The average molecular weight is 319 g/mol. The van der Waals surface area contributed by atoms with E-state index in [2.05, 4.69) is 40.0 Å². The topological polar surface area (TPSA) is 18.5 Å². The first-order chi connectivity index (χ1) is 9.33. The van der Waals surface area contributed by atoms with Gasteiger partial charge in [0.15, 0.2) is 0 Å². The summed E-state index contributed by atoms with van der Waals surface area (Å²) in [5, 5.41) is 0. The van der Waals surface area contributed by atoms with Crippen molar-refractivity contribution in [3.05, 3.63) is 0 Å². The molecular weight excluding hydrogens is 280 g/mol. The fourth-order valence-corrected chi connectivity index (χ4v) is 6.44. The van der Waals surface area contributed by atoms with Gasteiger partial charge in [-0.2, -0.15) is 0 Å². The van der Waals surface area contributed by atoms with Gasteiger partial charge in [0.05, 0.1) is 0 Å². The molecule has 0 radical (unpaired) electrons. The maximum atomic E-state index is 5.93. The molecule has 4 heteroatoms. The lowest BCUT2D eigenvalue weighted by molar-refractivity contribution is -0.125. The lowest BCUT2D eigenvalue weighted by Gasteiger charge is -2.28. The van der Waals surface area contributed by atoms with Crippen LogP contribution in [0.3, 0.4) is 0 Å². The van der Waals surface area contributed by atoms with Gasteiger partial charge < -0.3 is 0 Å². The van der Waals surface area contributed by atoms with E-state index in [0.29, 0.717) is 0 Å². The summed E-state index contributed by atoms with van der Waals surface area (Å²) in [6.07, 6.45) is 10.6. The normalized spacial score (nSPS) is 12.9. The van der Waals surface area contributed by atoms with Gasteiger partial charge in [-0.1, -0.05) is 65.2 Å². The van der Waals surface area contributed by atoms with E-state index in [0.717, 1.165) is 0 Å². The number of hydrogen-bond acceptors (Lipinski definition) is 2. The third-order valence-electron chi connectivity index (χ3n) is 3.76. The van der Waals surface area contributed by atoms with Gasteiger partial charge in [-0.15, -0.1) is 0 Å². The standard InChI is InChI=1S/C16H38O2Si2/c1-7-9-11-13-15-19(3,4)17-18-20(5,6)16-14-12-10-8-2/h7-16H2,1-6H3. The summed E-state index contributed by atoms with van der Waals surface area (Å²) in [7, 11) is -3.21. The summed E-state index contributed by atoms with van der Waals surface area (Å²) in [6, 6.07) is 2.46. The molecule has 0 aliphatic rings. The van der Waals surface area contributed by atoms with Crippen LogP contribution in [0.2, 0.25) is 38.3 Å². The molecule has 0 bridgehead atoms. The Kier molecular flexibility index (Phi) is 11.2. The van der Waals surface area contributed by atoms with Crippen molar-refractivity contribution in [2.24, 2.45) is 0 Å². The lowest BCUT2D eigenvalue weighted by Crippen LogP contribution is -2.38. The Morgan fingerprint density at radius 2 is 0.900 bits per heavy atom. The minimum atomic E-state index is -1.61. The van der Waals surface area contributed by atoms with E-state index in [1.807, 2.05) is 0 Å². The van der Waals surface area contributed by atoms with Crippen LogP contribution in [0.15, 0.2) is 0 Å². The van der Waals surface area contributed by atoms with Gasteiger partial charge >= 0.3 is 0 Å². The van der Waals surface area contributed by atoms with Gasteiger partial charge in [0, 0.05) is 0 Å². The van der Waals surface area contributed by atoms with Gasteiger partial charge in [0.25, 0.3) is 0 Å². The minimum absolute atomic E-state index is 1.23. The molecule has 0 spiro atoms.